The van der Waals surface area contributed by atoms with E-state index in [1.165, 1.54) is 13.8 Å². The van der Waals surface area contributed by atoms with Crippen molar-refractivity contribution >= 4 is 11.4 Å². The van der Waals surface area contributed by atoms with Gasteiger partial charge in [-0.2, -0.15) is 0 Å². The van der Waals surface area contributed by atoms with Crippen molar-refractivity contribution in [2.75, 3.05) is 0 Å². The summed E-state index contributed by atoms with van der Waals surface area (Å²) >= 11 is 0. The van der Waals surface area contributed by atoms with Gasteiger partial charge in [-0.25, -0.2) is 0 Å². The zero-order valence-electron chi connectivity index (χ0n) is 8.79. The number of oxime groups is 2. The van der Waals surface area contributed by atoms with Crippen LogP contribution in [-0.4, -0.2) is 21.8 Å². The van der Waals surface area contributed by atoms with Gasteiger partial charge in [0.2, 0.25) is 0 Å². The molecular weight excluding hydrogens is 122 g/mol. The second-order valence-corrected chi connectivity index (χ2v) is 1.37. The fourth-order valence-corrected chi connectivity index (χ4v) is 0.145. The van der Waals surface area contributed by atoms with Crippen LogP contribution in [0.4, 0.5) is 0 Å². The summed E-state index contributed by atoms with van der Waals surface area (Å²) in [7, 11) is 0. The fourth-order valence-electron chi connectivity index (χ4n) is 0.145. The van der Waals surface area contributed by atoms with Crippen molar-refractivity contribution in [3.05, 3.63) is 0 Å². The molecular formula is C4H10Li2N2O2. The van der Waals surface area contributed by atoms with Crippen LogP contribution in [0.1, 0.15) is 16.7 Å². The van der Waals surface area contributed by atoms with Crippen LogP contribution in [0.25, 0.3) is 0 Å². The Hall–Kier alpha value is 0.135. The zero-order chi connectivity index (χ0) is 6.57. The van der Waals surface area contributed by atoms with Crippen molar-refractivity contribution in [3.8, 4) is 0 Å². The minimum Gasteiger partial charge on any atom is -1.00 e. The maximum absolute atomic E-state index is 8.03. The first-order valence-electron chi connectivity index (χ1n) is 2.10. The topological polar surface area (TPSA) is 65.2 Å². The summed E-state index contributed by atoms with van der Waals surface area (Å²) in [4.78, 5) is 0. The smallest absolute Gasteiger partial charge is 1.00 e. The second kappa shape index (κ2) is 9.13. The molecule has 0 aromatic rings. The van der Waals surface area contributed by atoms with Gasteiger partial charge in [0.15, 0.2) is 0 Å². The first kappa shape index (κ1) is 16.6. The van der Waals surface area contributed by atoms with E-state index in [1.54, 1.807) is 0 Å². The molecule has 0 heterocycles. The predicted octanol–water partition coefficient (Wildman–Crippen LogP) is -5.08. The van der Waals surface area contributed by atoms with Gasteiger partial charge < -0.3 is 13.3 Å². The molecule has 0 saturated heterocycles. The standard InChI is InChI=1S/C4H8N2O2.2Li.2H/c1-3(5-7)4(2)6-8;;;;/h7-8H,1-2H3;;;;/q;2*+1;2*-1/b5-3+,6-4+;;;;. The quantitative estimate of drug-likeness (QED) is 0.162. The average Bonchev–Trinajstić information content (AvgIpc) is 1.84. The Morgan fingerprint density at radius 3 is 1.30 bits per heavy atom. The summed E-state index contributed by atoms with van der Waals surface area (Å²) in [5.74, 6) is 0. The Labute approximate surface area is 86.7 Å². The maximum Gasteiger partial charge on any atom is 1.00 e. The normalized spacial score (nSPS) is 11.4. The maximum atomic E-state index is 8.03. The molecule has 0 rings (SSSR count). The van der Waals surface area contributed by atoms with Crippen molar-refractivity contribution in [2.24, 2.45) is 10.3 Å². The van der Waals surface area contributed by atoms with Crippen molar-refractivity contribution in [1.82, 2.24) is 0 Å². The molecule has 0 aliphatic heterocycles. The Balaban J connectivity index is -0.0000000408. The summed E-state index contributed by atoms with van der Waals surface area (Å²) in [6.07, 6.45) is 0. The van der Waals surface area contributed by atoms with E-state index in [0.717, 1.165) is 0 Å². The molecule has 0 aliphatic rings. The summed E-state index contributed by atoms with van der Waals surface area (Å²) in [5, 5.41) is 21.6. The molecule has 0 fully saturated rings. The van der Waals surface area contributed by atoms with Crippen molar-refractivity contribution in [2.45, 2.75) is 13.8 Å². The SMILES string of the molecule is CC(=N\O)/C(C)=N/O.[H-].[H-].[Li+].[Li+]. The first-order valence-corrected chi connectivity index (χ1v) is 2.10. The van der Waals surface area contributed by atoms with Gasteiger partial charge in [-0.1, -0.05) is 10.3 Å². The van der Waals surface area contributed by atoms with Crippen LogP contribution in [0.3, 0.4) is 0 Å². The van der Waals surface area contributed by atoms with Crippen molar-refractivity contribution in [1.29, 1.82) is 0 Å². The van der Waals surface area contributed by atoms with Gasteiger partial charge in [0.05, 0.1) is 0 Å². The molecule has 0 saturated carbocycles. The number of hydrogen-bond donors (Lipinski definition) is 2. The second-order valence-electron chi connectivity index (χ2n) is 1.37. The monoisotopic (exact) mass is 132 g/mol. The number of nitrogens with zero attached hydrogens (tertiary/aromatic N) is 2. The van der Waals surface area contributed by atoms with E-state index in [0.29, 0.717) is 11.4 Å². The molecule has 4 nitrogen and oxygen atoms in total. The molecule has 0 radical (unpaired) electrons. The van der Waals surface area contributed by atoms with Gasteiger partial charge in [0.25, 0.3) is 0 Å². The minimum atomic E-state index is 0. The first-order chi connectivity index (χ1) is 3.72. The van der Waals surface area contributed by atoms with Gasteiger partial charge in [-0.05, 0) is 13.8 Å². The summed E-state index contributed by atoms with van der Waals surface area (Å²) in [6, 6.07) is 0. The van der Waals surface area contributed by atoms with Gasteiger partial charge >= 0.3 is 37.7 Å². The van der Waals surface area contributed by atoms with Crippen LogP contribution in [0.15, 0.2) is 10.3 Å². The summed E-state index contributed by atoms with van der Waals surface area (Å²) < 4.78 is 0. The number of rotatable bonds is 1. The van der Waals surface area contributed by atoms with Crippen molar-refractivity contribution in [3.63, 3.8) is 0 Å². The van der Waals surface area contributed by atoms with E-state index in [9.17, 15) is 0 Å². The summed E-state index contributed by atoms with van der Waals surface area (Å²) in [5.41, 5.74) is 0.625. The largest absolute Gasteiger partial charge is 1.00 e. The molecule has 0 bridgehead atoms. The van der Waals surface area contributed by atoms with Crippen molar-refractivity contribution < 1.29 is 51.0 Å². The molecule has 50 valence electrons. The van der Waals surface area contributed by atoms with Gasteiger partial charge in [0.1, 0.15) is 11.4 Å². The van der Waals surface area contributed by atoms with E-state index >= 15 is 0 Å². The fraction of sp³-hybridized carbons (Fsp3) is 0.500. The minimum absolute atomic E-state index is 0. The van der Waals surface area contributed by atoms with Gasteiger partial charge in [-0.3, -0.25) is 0 Å². The predicted molar refractivity (Wildman–Crippen MR) is 32.0 cm³/mol. The molecule has 0 amide bonds. The van der Waals surface area contributed by atoms with E-state index in [-0.39, 0.29) is 40.6 Å². The van der Waals surface area contributed by atoms with Crippen LogP contribution in [0.5, 0.6) is 0 Å². The molecule has 2 N–H and O–H groups in total. The van der Waals surface area contributed by atoms with Crippen LogP contribution in [0.2, 0.25) is 0 Å². The Morgan fingerprint density at radius 1 is 1.00 bits per heavy atom. The summed E-state index contributed by atoms with van der Waals surface area (Å²) in [6.45, 7) is 3.07. The van der Waals surface area contributed by atoms with Gasteiger partial charge in [0, 0.05) is 0 Å². The average molecular weight is 132 g/mol. The molecule has 0 aromatic heterocycles. The van der Waals surface area contributed by atoms with E-state index in [4.69, 9.17) is 10.4 Å². The molecule has 0 spiro atoms. The number of hydrogen-bond acceptors (Lipinski definition) is 4. The third-order valence-corrected chi connectivity index (χ3v) is 0.824. The Morgan fingerprint density at radius 2 is 1.20 bits per heavy atom. The zero-order valence-corrected chi connectivity index (χ0v) is 6.79. The Kier molecular flexibility index (Phi) is 15.2. The molecule has 0 atom stereocenters. The van der Waals surface area contributed by atoms with E-state index < -0.39 is 0 Å². The van der Waals surface area contributed by atoms with Crippen LogP contribution in [-0.2, 0) is 0 Å². The third kappa shape index (κ3) is 6.26. The molecule has 0 aliphatic carbocycles. The van der Waals surface area contributed by atoms with Crippen LogP contribution in [0, 0.1) is 0 Å². The van der Waals surface area contributed by atoms with Crippen LogP contribution < -0.4 is 37.7 Å². The van der Waals surface area contributed by atoms with E-state index in [2.05, 4.69) is 10.3 Å². The molecule has 0 unspecified atom stereocenters. The van der Waals surface area contributed by atoms with E-state index in [1.807, 2.05) is 0 Å². The van der Waals surface area contributed by atoms with Crippen LogP contribution >= 0.6 is 0 Å². The van der Waals surface area contributed by atoms with Gasteiger partial charge in [-0.15, -0.1) is 0 Å². The Bertz CT molecular complexity index is 127. The molecule has 0 aromatic carbocycles. The molecule has 6 heteroatoms. The third-order valence-electron chi connectivity index (χ3n) is 0.824. The molecule has 10 heavy (non-hydrogen) atoms.